The summed E-state index contributed by atoms with van der Waals surface area (Å²) < 4.78 is 16.6. The van der Waals surface area contributed by atoms with Gasteiger partial charge >= 0.3 is 0 Å². The monoisotopic (exact) mass is 517 g/mol. The van der Waals surface area contributed by atoms with Crippen molar-refractivity contribution in [1.29, 1.82) is 0 Å². The van der Waals surface area contributed by atoms with E-state index >= 15 is 0 Å². The highest BCUT2D eigenvalue weighted by Gasteiger charge is 2.33. The van der Waals surface area contributed by atoms with Crippen molar-refractivity contribution in [3.8, 4) is 11.5 Å². The molecule has 190 valence electrons. The van der Waals surface area contributed by atoms with Crippen molar-refractivity contribution in [3.63, 3.8) is 0 Å². The first-order chi connectivity index (χ1) is 18.1. The zero-order valence-corrected chi connectivity index (χ0v) is 21.4. The molecule has 0 saturated carbocycles. The Labute approximate surface area is 219 Å². The Balaban J connectivity index is 1.59. The van der Waals surface area contributed by atoms with Crippen molar-refractivity contribution >= 4 is 46.2 Å². The average molecular weight is 518 g/mol. The minimum atomic E-state index is -0.315. The van der Waals surface area contributed by atoms with Gasteiger partial charge in [0.05, 0.1) is 30.9 Å². The SMILES string of the molecule is COCCN1C(=O)C(=Cc2cccc(OC)c2OCC(=O)Nc2ccccc2)SC1=Nc1ccccc1. The number of para-hydroxylation sites is 3. The molecule has 0 radical (unpaired) electrons. The van der Waals surface area contributed by atoms with Crippen LogP contribution in [0.5, 0.6) is 11.5 Å². The lowest BCUT2D eigenvalue weighted by atomic mass is 10.1. The summed E-state index contributed by atoms with van der Waals surface area (Å²) in [5, 5.41) is 3.35. The number of amides is 2. The number of anilines is 1. The van der Waals surface area contributed by atoms with Crippen LogP contribution in [0.2, 0.25) is 0 Å². The second-order valence-corrected chi connectivity index (χ2v) is 8.88. The van der Waals surface area contributed by atoms with E-state index in [0.717, 1.165) is 5.69 Å². The minimum Gasteiger partial charge on any atom is -0.493 e. The number of thioether (sulfide) groups is 1. The number of nitrogens with one attached hydrogen (secondary N) is 1. The Morgan fingerprint density at radius 3 is 2.43 bits per heavy atom. The molecule has 8 nitrogen and oxygen atoms in total. The number of methoxy groups -OCH3 is 2. The first kappa shape index (κ1) is 26.0. The lowest BCUT2D eigenvalue weighted by molar-refractivity contribution is -0.122. The molecule has 1 fully saturated rings. The molecule has 3 aromatic carbocycles. The highest BCUT2D eigenvalue weighted by molar-refractivity contribution is 8.18. The van der Waals surface area contributed by atoms with Crippen molar-refractivity contribution in [2.45, 2.75) is 0 Å². The molecule has 3 aromatic rings. The van der Waals surface area contributed by atoms with Crippen LogP contribution in [-0.2, 0) is 14.3 Å². The van der Waals surface area contributed by atoms with Gasteiger partial charge in [0.2, 0.25) is 0 Å². The molecule has 0 bridgehead atoms. The molecule has 4 rings (SSSR count). The first-order valence-electron chi connectivity index (χ1n) is 11.6. The summed E-state index contributed by atoms with van der Waals surface area (Å²) in [7, 11) is 3.11. The smallest absolute Gasteiger partial charge is 0.266 e. The molecule has 0 unspecified atom stereocenters. The Bertz CT molecular complexity index is 1300. The van der Waals surface area contributed by atoms with Gasteiger partial charge < -0.3 is 19.5 Å². The van der Waals surface area contributed by atoms with Crippen LogP contribution in [0.3, 0.4) is 0 Å². The van der Waals surface area contributed by atoms with Gasteiger partial charge in [-0.2, -0.15) is 0 Å². The van der Waals surface area contributed by atoms with Gasteiger partial charge in [0.25, 0.3) is 11.8 Å². The van der Waals surface area contributed by atoms with E-state index in [1.165, 1.54) is 18.9 Å². The van der Waals surface area contributed by atoms with Crippen LogP contribution in [0.15, 0.2) is 88.8 Å². The van der Waals surface area contributed by atoms with Crippen molar-refractivity contribution in [1.82, 2.24) is 4.90 Å². The lowest BCUT2D eigenvalue weighted by Crippen LogP contribution is -2.32. The van der Waals surface area contributed by atoms with E-state index in [9.17, 15) is 9.59 Å². The number of nitrogens with zero attached hydrogens (tertiary/aromatic N) is 2. The van der Waals surface area contributed by atoms with Gasteiger partial charge in [0.15, 0.2) is 23.3 Å². The quantitative estimate of drug-likeness (QED) is 0.382. The molecule has 0 aromatic heterocycles. The fourth-order valence-corrected chi connectivity index (χ4v) is 4.56. The molecule has 0 atom stereocenters. The third kappa shape index (κ3) is 6.78. The van der Waals surface area contributed by atoms with Gasteiger partial charge in [-0.25, -0.2) is 4.99 Å². The highest BCUT2D eigenvalue weighted by atomic mass is 32.2. The van der Waals surface area contributed by atoms with Crippen molar-refractivity contribution < 1.29 is 23.8 Å². The maximum atomic E-state index is 13.3. The van der Waals surface area contributed by atoms with Crippen molar-refractivity contribution in [2.24, 2.45) is 4.99 Å². The van der Waals surface area contributed by atoms with Gasteiger partial charge in [-0.3, -0.25) is 14.5 Å². The van der Waals surface area contributed by atoms with Gasteiger partial charge in [-0.1, -0.05) is 48.5 Å². The standard InChI is InChI=1S/C28H27N3O5S/c1-34-17-16-31-27(33)24(37-28(31)30-22-13-7-4-8-14-22)18-20-10-9-15-23(35-2)26(20)36-19-25(32)29-21-11-5-3-6-12-21/h3-15,18H,16-17,19H2,1-2H3,(H,29,32). The van der Waals surface area contributed by atoms with E-state index in [1.807, 2.05) is 48.5 Å². The summed E-state index contributed by atoms with van der Waals surface area (Å²) in [5.74, 6) is 0.315. The molecular weight excluding hydrogens is 490 g/mol. The van der Waals surface area contributed by atoms with E-state index in [0.29, 0.717) is 46.0 Å². The molecule has 37 heavy (non-hydrogen) atoms. The van der Waals surface area contributed by atoms with Crippen LogP contribution < -0.4 is 14.8 Å². The number of carbonyl (C=O) groups excluding carboxylic acids is 2. The van der Waals surface area contributed by atoms with Crippen LogP contribution in [0, 0.1) is 0 Å². The highest BCUT2D eigenvalue weighted by Crippen LogP contribution is 2.38. The third-order valence-electron chi connectivity index (χ3n) is 5.31. The number of aliphatic imine (C=N–C) groups is 1. The fraction of sp³-hybridized carbons (Fsp3) is 0.179. The summed E-state index contributed by atoms with van der Waals surface area (Å²) in [6, 6.07) is 23.9. The van der Waals surface area contributed by atoms with E-state index in [4.69, 9.17) is 14.2 Å². The maximum absolute atomic E-state index is 13.3. The van der Waals surface area contributed by atoms with Crippen LogP contribution >= 0.6 is 11.8 Å². The zero-order valence-electron chi connectivity index (χ0n) is 20.5. The van der Waals surface area contributed by atoms with E-state index < -0.39 is 0 Å². The zero-order chi connectivity index (χ0) is 26.0. The number of benzene rings is 3. The molecule has 1 heterocycles. The second kappa shape index (κ2) is 12.8. The normalized spacial score (nSPS) is 15.3. The number of ether oxygens (including phenoxy) is 3. The van der Waals surface area contributed by atoms with E-state index in [2.05, 4.69) is 10.3 Å². The number of rotatable bonds is 10. The Kier molecular flexibility index (Phi) is 8.96. The number of hydrogen-bond donors (Lipinski definition) is 1. The first-order valence-corrected chi connectivity index (χ1v) is 12.4. The molecule has 1 N–H and O–H groups in total. The second-order valence-electron chi connectivity index (χ2n) is 7.87. The molecule has 9 heteroatoms. The van der Waals surface area contributed by atoms with Crippen LogP contribution in [0.4, 0.5) is 11.4 Å². The molecular formula is C28H27N3O5S. The third-order valence-corrected chi connectivity index (χ3v) is 6.32. The van der Waals surface area contributed by atoms with E-state index in [1.54, 1.807) is 48.4 Å². The van der Waals surface area contributed by atoms with E-state index in [-0.39, 0.29) is 18.4 Å². The summed E-state index contributed by atoms with van der Waals surface area (Å²) in [6.45, 7) is 0.511. The topological polar surface area (TPSA) is 89.5 Å². The lowest BCUT2D eigenvalue weighted by Gasteiger charge is -2.15. The fourth-order valence-electron chi connectivity index (χ4n) is 3.54. The Morgan fingerprint density at radius 1 is 1.00 bits per heavy atom. The summed E-state index contributed by atoms with van der Waals surface area (Å²) in [4.78, 5) is 32.5. The Morgan fingerprint density at radius 2 is 1.73 bits per heavy atom. The van der Waals surface area contributed by atoms with Crippen LogP contribution in [-0.4, -0.2) is 55.9 Å². The number of carbonyl (C=O) groups is 2. The molecule has 0 aliphatic carbocycles. The van der Waals surface area contributed by atoms with Crippen LogP contribution in [0.25, 0.3) is 6.08 Å². The predicted molar refractivity (Wildman–Crippen MR) is 146 cm³/mol. The van der Waals surface area contributed by atoms with Gasteiger partial charge in [0, 0.05) is 18.4 Å². The summed E-state index contributed by atoms with van der Waals surface area (Å²) >= 11 is 1.27. The molecule has 1 saturated heterocycles. The summed E-state index contributed by atoms with van der Waals surface area (Å²) in [6.07, 6.45) is 1.73. The largest absolute Gasteiger partial charge is 0.493 e. The maximum Gasteiger partial charge on any atom is 0.266 e. The molecule has 0 spiro atoms. The molecule has 2 amide bonds. The van der Waals surface area contributed by atoms with Gasteiger partial charge in [-0.15, -0.1) is 0 Å². The van der Waals surface area contributed by atoms with Gasteiger partial charge in [0.1, 0.15) is 0 Å². The van der Waals surface area contributed by atoms with Crippen LogP contribution in [0.1, 0.15) is 5.56 Å². The van der Waals surface area contributed by atoms with Crippen molar-refractivity contribution in [2.75, 3.05) is 39.3 Å². The Hall–Kier alpha value is -4.08. The predicted octanol–water partition coefficient (Wildman–Crippen LogP) is 4.96. The average Bonchev–Trinajstić information content (AvgIpc) is 3.20. The van der Waals surface area contributed by atoms with Crippen molar-refractivity contribution in [3.05, 3.63) is 89.3 Å². The molecule has 1 aliphatic rings. The number of amidine groups is 1. The van der Waals surface area contributed by atoms with Gasteiger partial charge in [-0.05, 0) is 48.2 Å². The summed E-state index contributed by atoms with van der Waals surface area (Å²) in [5.41, 5.74) is 2.03. The molecule has 1 aliphatic heterocycles. The minimum absolute atomic E-state index is 0.188. The number of hydrogen-bond acceptors (Lipinski definition) is 7.